The molecule has 0 aliphatic heterocycles. The van der Waals surface area contributed by atoms with Gasteiger partial charge in [-0.25, -0.2) is 0 Å². The highest BCUT2D eigenvalue weighted by Crippen LogP contribution is 2.32. The maximum atomic E-state index is 12.5. The van der Waals surface area contributed by atoms with E-state index in [0.29, 0.717) is 6.20 Å². The third-order valence-corrected chi connectivity index (χ3v) is 2.49. The van der Waals surface area contributed by atoms with Gasteiger partial charge < -0.3 is 0 Å². The van der Waals surface area contributed by atoms with Crippen molar-refractivity contribution in [2.24, 2.45) is 0 Å². The van der Waals surface area contributed by atoms with Crippen molar-refractivity contribution in [3.8, 4) is 11.3 Å². The predicted octanol–water partition coefficient (Wildman–Crippen LogP) is 4.59. The van der Waals surface area contributed by atoms with E-state index >= 15 is 0 Å². The van der Waals surface area contributed by atoms with Crippen LogP contribution in [0.15, 0.2) is 36.5 Å². The second-order valence-electron chi connectivity index (χ2n) is 3.92. The fourth-order valence-corrected chi connectivity index (χ4v) is 1.52. The van der Waals surface area contributed by atoms with Crippen molar-refractivity contribution in [1.29, 1.82) is 0 Å². The van der Waals surface area contributed by atoms with Gasteiger partial charge in [-0.1, -0.05) is 12.1 Å². The number of nitrogens with zero attached hydrogens (tertiary/aromatic N) is 1. The molecule has 2 rings (SSSR count). The summed E-state index contributed by atoms with van der Waals surface area (Å²) in [6.07, 6.45) is -8.52. The maximum absolute atomic E-state index is 12.5. The highest BCUT2D eigenvalue weighted by molar-refractivity contribution is 5.60. The zero-order valence-electron chi connectivity index (χ0n) is 9.68. The SMILES string of the molecule is FC(F)(F)c1[c]ccc(-c2ccc(C(F)(F)F)cn2)c1. The lowest BCUT2D eigenvalue weighted by Crippen LogP contribution is -2.06. The Kier molecular flexibility index (Phi) is 3.45. The summed E-state index contributed by atoms with van der Waals surface area (Å²) >= 11 is 0. The zero-order valence-corrected chi connectivity index (χ0v) is 9.68. The van der Waals surface area contributed by atoms with E-state index in [9.17, 15) is 26.3 Å². The van der Waals surface area contributed by atoms with Crippen LogP contribution in [0.25, 0.3) is 11.3 Å². The monoisotopic (exact) mass is 290 g/mol. The lowest BCUT2D eigenvalue weighted by atomic mass is 10.1. The third-order valence-electron chi connectivity index (χ3n) is 2.49. The standard InChI is InChI=1S/C13H6F6N/c14-12(15,16)9-3-1-2-8(6-9)11-5-4-10(7-20-11)13(17,18)19/h1-2,4-7H. The van der Waals surface area contributed by atoms with Crippen LogP contribution in [0.2, 0.25) is 0 Å². The zero-order chi connectivity index (χ0) is 15.0. The summed E-state index contributed by atoms with van der Waals surface area (Å²) in [7, 11) is 0. The van der Waals surface area contributed by atoms with Gasteiger partial charge in [0.2, 0.25) is 0 Å². The minimum absolute atomic E-state index is 0.0255. The molecular weight excluding hydrogens is 284 g/mol. The van der Waals surface area contributed by atoms with Gasteiger partial charge in [-0.15, -0.1) is 0 Å². The fraction of sp³-hybridized carbons (Fsp3) is 0.154. The molecule has 0 fully saturated rings. The van der Waals surface area contributed by atoms with Gasteiger partial charge in [0.1, 0.15) is 0 Å². The molecule has 1 aromatic carbocycles. The summed E-state index contributed by atoms with van der Waals surface area (Å²) < 4.78 is 74.6. The summed E-state index contributed by atoms with van der Waals surface area (Å²) in [5, 5.41) is 0. The maximum Gasteiger partial charge on any atom is 0.417 e. The van der Waals surface area contributed by atoms with Crippen molar-refractivity contribution in [1.82, 2.24) is 4.98 Å². The van der Waals surface area contributed by atoms with Crippen molar-refractivity contribution in [3.63, 3.8) is 0 Å². The van der Waals surface area contributed by atoms with E-state index in [1.54, 1.807) is 0 Å². The Balaban J connectivity index is 2.38. The Morgan fingerprint density at radius 1 is 0.900 bits per heavy atom. The molecule has 0 saturated heterocycles. The van der Waals surface area contributed by atoms with Crippen molar-refractivity contribution >= 4 is 0 Å². The van der Waals surface area contributed by atoms with Crippen LogP contribution in [0.5, 0.6) is 0 Å². The van der Waals surface area contributed by atoms with Crippen LogP contribution in [0, 0.1) is 6.07 Å². The van der Waals surface area contributed by atoms with E-state index in [1.807, 2.05) is 6.07 Å². The summed E-state index contributed by atoms with van der Waals surface area (Å²) in [5.74, 6) is 0. The van der Waals surface area contributed by atoms with Crippen molar-refractivity contribution in [2.45, 2.75) is 12.4 Å². The lowest BCUT2D eigenvalue weighted by molar-refractivity contribution is -0.138. The molecule has 1 nitrogen and oxygen atoms in total. The van der Waals surface area contributed by atoms with Gasteiger partial charge in [-0.05, 0) is 24.3 Å². The van der Waals surface area contributed by atoms with Gasteiger partial charge >= 0.3 is 12.4 Å². The van der Waals surface area contributed by atoms with Gasteiger partial charge in [-0.2, -0.15) is 26.3 Å². The molecule has 0 unspecified atom stereocenters. The molecule has 1 radical (unpaired) electrons. The molecule has 0 N–H and O–H groups in total. The van der Waals surface area contributed by atoms with Crippen LogP contribution in [0.3, 0.4) is 0 Å². The minimum Gasteiger partial charge on any atom is -0.256 e. The van der Waals surface area contributed by atoms with Gasteiger partial charge in [0.25, 0.3) is 0 Å². The molecule has 1 aromatic heterocycles. The van der Waals surface area contributed by atoms with Gasteiger partial charge in [-0.3, -0.25) is 4.98 Å². The highest BCUT2D eigenvalue weighted by Gasteiger charge is 2.32. The number of hydrogen-bond acceptors (Lipinski definition) is 1. The quantitative estimate of drug-likeness (QED) is 0.700. The first-order valence-corrected chi connectivity index (χ1v) is 5.30. The second kappa shape index (κ2) is 4.81. The van der Waals surface area contributed by atoms with Gasteiger partial charge in [0, 0.05) is 11.8 Å². The molecule has 0 amide bonds. The van der Waals surface area contributed by atoms with Crippen LogP contribution in [-0.4, -0.2) is 4.98 Å². The van der Waals surface area contributed by atoms with E-state index in [4.69, 9.17) is 0 Å². The Bertz CT molecular complexity index is 597. The van der Waals surface area contributed by atoms with E-state index in [0.717, 1.165) is 24.3 Å². The second-order valence-corrected chi connectivity index (χ2v) is 3.92. The van der Waals surface area contributed by atoms with Crippen molar-refractivity contribution < 1.29 is 26.3 Å². The van der Waals surface area contributed by atoms with Crippen LogP contribution in [0.1, 0.15) is 11.1 Å². The molecule has 105 valence electrons. The van der Waals surface area contributed by atoms with Crippen molar-refractivity contribution in [2.75, 3.05) is 0 Å². The topological polar surface area (TPSA) is 12.9 Å². The predicted molar refractivity (Wildman–Crippen MR) is 58.5 cm³/mol. The molecule has 2 aromatic rings. The number of alkyl halides is 6. The summed E-state index contributed by atoms with van der Waals surface area (Å²) in [6.45, 7) is 0. The molecule has 0 aliphatic rings. The number of hydrogen-bond donors (Lipinski definition) is 0. The molecule has 7 heteroatoms. The van der Waals surface area contributed by atoms with E-state index < -0.39 is 23.5 Å². The lowest BCUT2D eigenvalue weighted by Gasteiger charge is -2.09. The van der Waals surface area contributed by atoms with Gasteiger partial charge in [0.05, 0.1) is 16.8 Å². The number of benzene rings is 1. The first kappa shape index (κ1) is 14.4. The van der Waals surface area contributed by atoms with E-state index in [1.165, 1.54) is 6.07 Å². The number of rotatable bonds is 1. The summed E-state index contributed by atoms with van der Waals surface area (Å²) in [4.78, 5) is 3.54. The molecule has 0 bridgehead atoms. The average molecular weight is 290 g/mol. The van der Waals surface area contributed by atoms with Crippen LogP contribution >= 0.6 is 0 Å². The smallest absolute Gasteiger partial charge is 0.256 e. The minimum atomic E-state index is -4.57. The number of halogens is 6. The highest BCUT2D eigenvalue weighted by atomic mass is 19.4. The number of aromatic nitrogens is 1. The summed E-state index contributed by atoms with van der Waals surface area (Å²) in [6, 6.07) is 6.95. The number of pyridine rings is 1. The Hall–Kier alpha value is -2.05. The molecule has 0 spiro atoms. The Morgan fingerprint density at radius 3 is 2.10 bits per heavy atom. The molecule has 1 heterocycles. The molecule has 0 atom stereocenters. The molecule has 20 heavy (non-hydrogen) atoms. The fourth-order valence-electron chi connectivity index (χ4n) is 1.52. The first-order chi connectivity index (χ1) is 9.18. The normalized spacial score (nSPS) is 12.5. The Morgan fingerprint density at radius 2 is 1.60 bits per heavy atom. The first-order valence-electron chi connectivity index (χ1n) is 5.30. The van der Waals surface area contributed by atoms with Crippen LogP contribution in [0.4, 0.5) is 26.3 Å². The van der Waals surface area contributed by atoms with Crippen LogP contribution < -0.4 is 0 Å². The molecule has 0 saturated carbocycles. The van der Waals surface area contributed by atoms with Crippen LogP contribution in [-0.2, 0) is 12.4 Å². The largest absolute Gasteiger partial charge is 0.417 e. The van der Waals surface area contributed by atoms with E-state index in [-0.39, 0.29) is 11.3 Å². The third kappa shape index (κ3) is 3.09. The van der Waals surface area contributed by atoms with Crippen molar-refractivity contribution in [3.05, 3.63) is 53.7 Å². The molecule has 0 aliphatic carbocycles. The van der Waals surface area contributed by atoms with Gasteiger partial charge in [0.15, 0.2) is 0 Å². The summed E-state index contributed by atoms with van der Waals surface area (Å²) in [5.41, 5.74) is -1.86. The molecular formula is C13H6F6N. The van der Waals surface area contributed by atoms with E-state index in [2.05, 4.69) is 4.98 Å². The average Bonchev–Trinajstić information content (AvgIpc) is 2.37. The Labute approximate surface area is 109 Å².